The van der Waals surface area contributed by atoms with Crippen molar-refractivity contribution in [3.8, 4) is 16.9 Å². The molecule has 0 bridgehead atoms. The number of aryl methyl sites for hydroxylation is 2. The Kier molecular flexibility index (Phi) is 7.17. The van der Waals surface area contributed by atoms with Crippen molar-refractivity contribution in [3.63, 3.8) is 0 Å². The highest BCUT2D eigenvalue weighted by atomic mass is 35.5. The number of phenolic OH excluding ortho intramolecular Hbond substituents is 1. The minimum atomic E-state index is -0.646. The van der Waals surface area contributed by atoms with Crippen LogP contribution in [0, 0.1) is 13.8 Å². The van der Waals surface area contributed by atoms with Crippen molar-refractivity contribution in [2.24, 2.45) is 4.99 Å². The highest BCUT2D eigenvalue weighted by Gasteiger charge is 2.36. The number of carbonyl (C=O) groups excluding carboxylic acids is 1. The van der Waals surface area contributed by atoms with Crippen LogP contribution in [-0.4, -0.2) is 48.4 Å². The Morgan fingerprint density at radius 3 is 2.68 bits per heavy atom. The summed E-state index contributed by atoms with van der Waals surface area (Å²) in [5.74, 6) is 0.0949. The Hall–Kier alpha value is -3.06. The van der Waals surface area contributed by atoms with Crippen molar-refractivity contribution in [3.05, 3.63) is 75.3 Å². The van der Waals surface area contributed by atoms with Gasteiger partial charge in [0, 0.05) is 46.5 Å². The van der Waals surface area contributed by atoms with Crippen molar-refractivity contribution in [1.82, 2.24) is 10.2 Å². The van der Waals surface area contributed by atoms with Crippen molar-refractivity contribution < 1.29 is 9.90 Å². The van der Waals surface area contributed by atoms with E-state index in [1.165, 1.54) is 0 Å². The van der Waals surface area contributed by atoms with Crippen LogP contribution in [0.2, 0.25) is 10.0 Å². The van der Waals surface area contributed by atoms with Crippen LogP contribution in [0.25, 0.3) is 11.1 Å². The number of aliphatic imine (C=N–C) groups is 1. The molecule has 0 aliphatic carbocycles. The topological polar surface area (TPSA) is 68.2 Å². The number of nitrogens with one attached hydrogen (secondary N) is 1. The van der Waals surface area contributed by atoms with Gasteiger partial charge in [0.1, 0.15) is 11.8 Å². The first-order chi connectivity index (χ1) is 17.7. The predicted molar refractivity (Wildman–Crippen MR) is 152 cm³/mol. The van der Waals surface area contributed by atoms with E-state index in [1.807, 2.05) is 61.0 Å². The Labute approximate surface area is 227 Å². The number of amides is 1. The van der Waals surface area contributed by atoms with E-state index in [4.69, 9.17) is 28.2 Å². The van der Waals surface area contributed by atoms with Crippen molar-refractivity contribution >= 4 is 46.8 Å². The number of rotatable bonds is 5. The third-order valence-corrected chi connectivity index (χ3v) is 7.65. The number of hydrogen-bond acceptors (Lipinski definition) is 5. The number of likely N-dealkylation sites (N-methyl/N-ethyl adjacent to an activating group) is 1. The normalized spacial score (nSPS) is 18.7. The second-order valence-electron chi connectivity index (χ2n) is 9.94. The van der Waals surface area contributed by atoms with E-state index in [1.54, 1.807) is 24.5 Å². The zero-order valence-electron chi connectivity index (χ0n) is 21.1. The van der Waals surface area contributed by atoms with Crippen molar-refractivity contribution in [2.45, 2.75) is 38.8 Å². The highest BCUT2D eigenvalue weighted by molar-refractivity contribution is 6.33. The summed E-state index contributed by atoms with van der Waals surface area (Å²) < 4.78 is 0. The van der Waals surface area contributed by atoms with Gasteiger partial charge in [-0.25, -0.2) is 4.99 Å². The predicted octanol–water partition coefficient (Wildman–Crippen LogP) is 6.41. The molecule has 37 heavy (non-hydrogen) atoms. The lowest BCUT2D eigenvalue weighted by Gasteiger charge is -2.36. The second-order valence-corrected chi connectivity index (χ2v) is 10.8. The Bertz CT molecular complexity index is 1360. The molecule has 1 unspecified atom stereocenters. The molecule has 0 saturated carbocycles. The molecule has 2 N–H and O–H groups in total. The highest BCUT2D eigenvalue weighted by Crippen LogP contribution is 2.43. The van der Waals surface area contributed by atoms with E-state index in [9.17, 15) is 9.90 Å². The van der Waals surface area contributed by atoms with Gasteiger partial charge in [-0.3, -0.25) is 4.79 Å². The number of anilines is 1. The lowest BCUT2D eigenvalue weighted by Crippen LogP contribution is -2.46. The molecule has 0 spiro atoms. The van der Waals surface area contributed by atoms with Crippen LogP contribution in [0.5, 0.6) is 5.75 Å². The molecule has 3 aromatic rings. The molecule has 2 aliphatic rings. The van der Waals surface area contributed by atoms with Gasteiger partial charge < -0.3 is 20.2 Å². The molecular formula is C29H30Cl2N4O2. The number of carbonyl (C=O) groups is 1. The fourth-order valence-electron chi connectivity index (χ4n) is 5.27. The molecule has 1 amide bonds. The smallest absolute Gasteiger partial charge is 0.250 e. The number of aromatic hydroxyl groups is 1. The number of fused-ring (bicyclic) bond motifs is 1. The quantitative estimate of drug-likeness (QED) is 0.395. The molecular weight excluding hydrogens is 507 g/mol. The SMILES string of the molecule is Cc1cc(Cl)cc(N2C=Nc3cc(C)c(-c4cc(O)ccc4Cl)cc3C2C(=O)N(C)C[C@@H]2CCCN2)c1. The maximum absolute atomic E-state index is 14.2. The number of halogens is 2. The van der Waals surface area contributed by atoms with Crippen molar-refractivity contribution in [2.75, 3.05) is 25.0 Å². The van der Waals surface area contributed by atoms with Gasteiger partial charge >= 0.3 is 0 Å². The third-order valence-electron chi connectivity index (χ3n) is 7.10. The van der Waals surface area contributed by atoms with Gasteiger partial charge in [0.2, 0.25) is 5.91 Å². The lowest BCUT2D eigenvalue weighted by molar-refractivity contribution is -0.131. The van der Waals surface area contributed by atoms with Crippen LogP contribution in [0.15, 0.2) is 53.5 Å². The molecule has 2 heterocycles. The third kappa shape index (κ3) is 5.19. The summed E-state index contributed by atoms with van der Waals surface area (Å²) >= 11 is 13.0. The zero-order chi connectivity index (χ0) is 26.3. The minimum Gasteiger partial charge on any atom is -0.508 e. The molecule has 6 nitrogen and oxygen atoms in total. The number of benzene rings is 3. The van der Waals surface area contributed by atoms with Gasteiger partial charge in [-0.2, -0.15) is 0 Å². The molecule has 192 valence electrons. The number of nitrogens with zero attached hydrogens (tertiary/aromatic N) is 3. The van der Waals surface area contributed by atoms with E-state index in [2.05, 4.69) is 5.32 Å². The van der Waals surface area contributed by atoms with Crippen molar-refractivity contribution in [1.29, 1.82) is 0 Å². The number of phenols is 1. The van der Waals surface area contributed by atoms with Gasteiger partial charge in [-0.1, -0.05) is 23.2 Å². The lowest BCUT2D eigenvalue weighted by atomic mass is 9.91. The molecule has 5 rings (SSSR count). The summed E-state index contributed by atoms with van der Waals surface area (Å²) in [6.07, 6.45) is 3.89. The van der Waals surface area contributed by atoms with Gasteiger partial charge in [0.25, 0.3) is 0 Å². The van der Waals surface area contributed by atoms with Crippen LogP contribution in [0.4, 0.5) is 11.4 Å². The summed E-state index contributed by atoms with van der Waals surface area (Å²) in [5, 5.41) is 14.8. The fourth-order valence-corrected chi connectivity index (χ4v) is 5.77. The molecule has 2 atom stereocenters. The second kappa shape index (κ2) is 10.4. The standard InChI is InChI=1S/C29H30Cl2N4O2/c1-17-9-19(30)12-21(10-17)35-16-33-27-11-18(2)23(24-13-22(36)6-7-26(24)31)14-25(27)28(35)29(37)34(3)15-20-5-4-8-32-20/h6-7,9-14,16,20,28,32,36H,4-5,8,15H2,1-3H3/t20-,28?/m0/s1. The first-order valence-corrected chi connectivity index (χ1v) is 13.2. The van der Waals surface area contributed by atoms with E-state index in [-0.39, 0.29) is 17.7 Å². The van der Waals surface area contributed by atoms with E-state index >= 15 is 0 Å². The van der Waals surface area contributed by atoms with Crippen LogP contribution in [-0.2, 0) is 4.79 Å². The summed E-state index contributed by atoms with van der Waals surface area (Å²) in [4.78, 5) is 22.6. The Morgan fingerprint density at radius 2 is 1.95 bits per heavy atom. The van der Waals surface area contributed by atoms with Gasteiger partial charge in [0.05, 0.1) is 12.0 Å². The fraction of sp³-hybridized carbons (Fsp3) is 0.310. The molecule has 0 radical (unpaired) electrons. The zero-order valence-corrected chi connectivity index (χ0v) is 22.6. The van der Waals surface area contributed by atoms with Crippen LogP contribution >= 0.6 is 23.2 Å². The van der Waals surface area contributed by atoms with Crippen LogP contribution in [0.1, 0.15) is 35.6 Å². The molecule has 8 heteroatoms. The summed E-state index contributed by atoms with van der Waals surface area (Å²) in [6, 6.07) is 14.2. The minimum absolute atomic E-state index is 0.0319. The first kappa shape index (κ1) is 25.6. The summed E-state index contributed by atoms with van der Waals surface area (Å²) in [5.41, 5.74) is 5.79. The average Bonchev–Trinajstić information content (AvgIpc) is 3.36. The first-order valence-electron chi connectivity index (χ1n) is 12.4. The van der Waals surface area contributed by atoms with E-state index in [0.29, 0.717) is 22.2 Å². The number of hydrogen-bond donors (Lipinski definition) is 2. The Balaban J connectivity index is 1.63. The van der Waals surface area contributed by atoms with E-state index in [0.717, 1.165) is 53.0 Å². The van der Waals surface area contributed by atoms with Gasteiger partial charge in [-0.15, -0.1) is 0 Å². The molecule has 0 aromatic heterocycles. The molecule has 1 saturated heterocycles. The summed E-state index contributed by atoms with van der Waals surface area (Å²) in [7, 11) is 1.86. The maximum Gasteiger partial charge on any atom is 0.250 e. The Morgan fingerprint density at radius 1 is 1.14 bits per heavy atom. The molecule has 1 fully saturated rings. The van der Waals surface area contributed by atoms with E-state index < -0.39 is 6.04 Å². The largest absolute Gasteiger partial charge is 0.508 e. The monoisotopic (exact) mass is 536 g/mol. The van der Waals surface area contributed by atoms with Gasteiger partial charge in [0.15, 0.2) is 0 Å². The molecule has 2 aliphatic heterocycles. The average molecular weight is 537 g/mol. The molecule has 3 aromatic carbocycles. The van der Waals surface area contributed by atoms with Gasteiger partial charge in [-0.05, 0) is 98.5 Å². The maximum atomic E-state index is 14.2. The summed E-state index contributed by atoms with van der Waals surface area (Å²) in [6.45, 7) is 5.56. The van der Waals surface area contributed by atoms with Crippen LogP contribution in [0.3, 0.4) is 0 Å². The van der Waals surface area contributed by atoms with Crippen LogP contribution < -0.4 is 10.2 Å².